The molecule has 1 rings (SSSR count). The van der Waals surface area contributed by atoms with Gasteiger partial charge in [0.25, 0.3) is 0 Å². The minimum atomic E-state index is -0.903. The number of carboxylic acid groups (broad SMARTS) is 1. The van der Waals surface area contributed by atoms with E-state index in [4.69, 9.17) is 0 Å². The molecule has 118 valence electrons. The maximum atomic E-state index is 11.7. The second-order valence-electron chi connectivity index (χ2n) is 4.95. The molecule has 0 saturated heterocycles. The summed E-state index contributed by atoms with van der Waals surface area (Å²) in [5.41, 5.74) is 1.23. The monoisotopic (exact) mass is 546 g/mol. The van der Waals surface area contributed by atoms with Gasteiger partial charge in [0.2, 0.25) is 0 Å². The van der Waals surface area contributed by atoms with E-state index in [1.54, 1.807) is 0 Å². The average Bonchev–Trinajstić information content (AvgIpc) is 2.45. The first kappa shape index (κ1) is 19.7. The molecule has 1 aromatic rings. The van der Waals surface area contributed by atoms with Crippen LogP contribution in [0.4, 0.5) is 0 Å². The lowest BCUT2D eigenvalue weighted by molar-refractivity contribution is 0.0693. The highest BCUT2D eigenvalue weighted by atomic mass is 79.9. The zero-order valence-corrected chi connectivity index (χ0v) is 18.3. The van der Waals surface area contributed by atoms with Crippen molar-refractivity contribution in [1.29, 1.82) is 0 Å². The van der Waals surface area contributed by atoms with Gasteiger partial charge in [-0.3, -0.25) is 0 Å². The summed E-state index contributed by atoms with van der Waals surface area (Å²) in [6, 6.07) is 0. The van der Waals surface area contributed by atoms with E-state index in [1.165, 1.54) is 6.42 Å². The number of carbonyl (C=O) groups is 1. The molecular weight excluding hydrogens is 532 g/mol. The van der Waals surface area contributed by atoms with Crippen LogP contribution in [0.5, 0.6) is 0 Å². The van der Waals surface area contributed by atoms with Crippen molar-refractivity contribution in [1.82, 2.24) is 0 Å². The molecule has 0 saturated carbocycles. The van der Waals surface area contributed by atoms with Crippen LogP contribution < -0.4 is 0 Å². The summed E-state index contributed by atoms with van der Waals surface area (Å²) in [5.74, 6) is -0.669. The van der Waals surface area contributed by atoms with E-state index in [9.17, 15) is 9.90 Å². The Morgan fingerprint density at radius 3 is 2.05 bits per heavy atom. The van der Waals surface area contributed by atoms with Crippen molar-refractivity contribution < 1.29 is 9.90 Å². The molecule has 1 aromatic carbocycles. The third kappa shape index (κ3) is 4.55. The van der Waals surface area contributed by atoms with Crippen LogP contribution in [0.25, 0.3) is 0 Å². The summed E-state index contributed by atoms with van der Waals surface area (Å²) in [4.78, 5) is 11.7. The molecule has 0 radical (unpaired) electrons. The molecule has 2 nitrogen and oxygen atoms in total. The number of hydrogen-bond acceptors (Lipinski definition) is 1. The first-order valence-corrected chi connectivity index (χ1v) is 10.1. The van der Waals surface area contributed by atoms with E-state index in [2.05, 4.69) is 77.6 Å². The van der Waals surface area contributed by atoms with Crippen molar-refractivity contribution in [3.05, 3.63) is 29.0 Å². The van der Waals surface area contributed by atoms with Crippen molar-refractivity contribution >= 4 is 69.7 Å². The highest BCUT2D eigenvalue weighted by molar-refractivity contribution is 9.15. The van der Waals surface area contributed by atoms with Crippen molar-refractivity contribution in [3.8, 4) is 0 Å². The topological polar surface area (TPSA) is 37.3 Å². The standard InChI is InChI=1S/C15H18Br4O2/c1-3-5-6-7-8(4-2)9-10(15(20)21)12(17)14(19)13(18)11(9)16/h8H,3-7H2,1-2H3,(H,20,21). The predicted octanol–water partition coefficient (Wildman–Crippen LogP) is 7.51. The zero-order valence-electron chi connectivity index (χ0n) is 12.0. The molecule has 0 fully saturated rings. The third-order valence-corrected chi connectivity index (χ3v) is 8.37. The molecule has 0 bridgehead atoms. The van der Waals surface area contributed by atoms with Crippen LogP contribution >= 0.6 is 63.7 Å². The van der Waals surface area contributed by atoms with Gasteiger partial charge in [0.1, 0.15) is 0 Å². The first-order chi connectivity index (χ1) is 9.86. The quantitative estimate of drug-likeness (QED) is 0.217. The molecule has 0 spiro atoms. The van der Waals surface area contributed by atoms with Gasteiger partial charge in [0, 0.05) is 17.9 Å². The summed E-state index contributed by atoms with van der Waals surface area (Å²) >= 11 is 13.9. The zero-order chi connectivity index (χ0) is 16.2. The van der Waals surface area contributed by atoms with Crippen LogP contribution in [-0.4, -0.2) is 11.1 Å². The van der Waals surface area contributed by atoms with Gasteiger partial charge in [-0.15, -0.1) is 0 Å². The number of benzene rings is 1. The summed E-state index contributed by atoms with van der Waals surface area (Å²) in [5, 5.41) is 9.62. The second-order valence-corrected chi connectivity index (χ2v) is 8.12. The molecule has 0 aromatic heterocycles. The van der Waals surface area contributed by atoms with Gasteiger partial charge in [0.15, 0.2) is 0 Å². The summed E-state index contributed by atoms with van der Waals surface area (Å²) in [6.07, 6.45) is 5.38. The molecule has 0 aliphatic carbocycles. The van der Waals surface area contributed by atoms with Crippen LogP contribution in [0.15, 0.2) is 17.9 Å². The summed E-state index contributed by atoms with van der Waals surface area (Å²) in [7, 11) is 0. The van der Waals surface area contributed by atoms with Crippen molar-refractivity contribution in [2.24, 2.45) is 0 Å². The van der Waals surface area contributed by atoms with Gasteiger partial charge in [-0.05, 0) is 88.0 Å². The van der Waals surface area contributed by atoms with Gasteiger partial charge >= 0.3 is 5.97 Å². The minimum absolute atomic E-state index is 0.234. The SMILES string of the molecule is CCCCCC(CC)c1c(Br)c(Br)c(Br)c(Br)c1C(=O)O. The molecule has 21 heavy (non-hydrogen) atoms. The van der Waals surface area contributed by atoms with E-state index in [-0.39, 0.29) is 5.92 Å². The highest BCUT2D eigenvalue weighted by Gasteiger charge is 2.27. The largest absolute Gasteiger partial charge is 0.478 e. The van der Waals surface area contributed by atoms with Gasteiger partial charge < -0.3 is 5.11 Å². The lowest BCUT2D eigenvalue weighted by atomic mass is 9.88. The van der Waals surface area contributed by atoms with E-state index in [0.717, 1.165) is 44.7 Å². The molecule has 1 unspecified atom stereocenters. The van der Waals surface area contributed by atoms with Crippen LogP contribution in [-0.2, 0) is 0 Å². The van der Waals surface area contributed by atoms with E-state index in [1.807, 2.05) is 0 Å². The third-order valence-electron chi connectivity index (χ3n) is 3.57. The fourth-order valence-corrected chi connectivity index (χ4v) is 5.08. The normalized spacial score (nSPS) is 12.5. The molecule has 1 atom stereocenters. The number of rotatable bonds is 7. The Hall–Kier alpha value is 0.610. The lowest BCUT2D eigenvalue weighted by Gasteiger charge is -2.22. The molecule has 6 heteroatoms. The van der Waals surface area contributed by atoms with E-state index < -0.39 is 5.97 Å². The molecule has 0 aliphatic rings. The lowest BCUT2D eigenvalue weighted by Crippen LogP contribution is -2.10. The smallest absolute Gasteiger partial charge is 0.337 e. The fraction of sp³-hybridized carbons (Fsp3) is 0.533. The number of carboxylic acids is 1. The van der Waals surface area contributed by atoms with Crippen molar-refractivity contribution in [2.45, 2.75) is 51.9 Å². The van der Waals surface area contributed by atoms with Crippen LogP contribution in [0.3, 0.4) is 0 Å². The Morgan fingerprint density at radius 1 is 1.00 bits per heavy atom. The van der Waals surface area contributed by atoms with Gasteiger partial charge in [-0.2, -0.15) is 0 Å². The Bertz CT molecular complexity index is 529. The van der Waals surface area contributed by atoms with Gasteiger partial charge in [0.05, 0.1) is 5.56 Å². The maximum absolute atomic E-state index is 11.7. The Kier molecular flexibility index (Phi) is 8.46. The molecule has 1 N–H and O–H groups in total. The van der Waals surface area contributed by atoms with Crippen molar-refractivity contribution in [2.75, 3.05) is 0 Å². The van der Waals surface area contributed by atoms with E-state index >= 15 is 0 Å². The van der Waals surface area contributed by atoms with Crippen molar-refractivity contribution in [3.63, 3.8) is 0 Å². The minimum Gasteiger partial charge on any atom is -0.478 e. The average molecular weight is 550 g/mol. The maximum Gasteiger partial charge on any atom is 0.337 e. The second kappa shape index (κ2) is 9.04. The Labute approximate surface area is 159 Å². The summed E-state index contributed by atoms with van der Waals surface area (Å²) in [6.45, 7) is 4.28. The number of unbranched alkanes of at least 4 members (excludes halogenated alkanes) is 2. The Morgan fingerprint density at radius 2 is 1.57 bits per heavy atom. The fourth-order valence-electron chi connectivity index (χ4n) is 2.43. The van der Waals surface area contributed by atoms with Gasteiger partial charge in [-0.25, -0.2) is 4.79 Å². The number of hydrogen-bond donors (Lipinski definition) is 1. The molecular formula is C15H18Br4O2. The number of halogens is 4. The Balaban J connectivity index is 3.40. The molecule has 0 heterocycles. The van der Waals surface area contributed by atoms with E-state index in [0.29, 0.717) is 10.0 Å². The van der Waals surface area contributed by atoms with Crippen LogP contribution in [0, 0.1) is 0 Å². The first-order valence-electron chi connectivity index (χ1n) is 6.95. The number of aromatic carboxylic acids is 1. The molecule has 0 amide bonds. The predicted molar refractivity (Wildman–Crippen MR) is 101 cm³/mol. The van der Waals surface area contributed by atoms with Crippen LogP contribution in [0.2, 0.25) is 0 Å². The summed E-state index contributed by atoms with van der Waals surface area (Å²) < 4.78 is 2.99. The van der Waals surface area contributed by atoms with Crippen LogP contribution in [0.1, 0.15) is 67.8 Å². The van der Waals surface area contributed by atoms with Gasteiger partial charge in [-0.1, -0.05) is 33.1 Å². The highest BCUT2D eigenvalue weighted by Crippen LogP contribution is 2.46. The molecule has 0 aliphatic heterocycles.